The van der Waals surface area contributed by atoms with Crippen molar-refractivity contribution in [1.29, 1.82) is 0 Å². The summed E-state index contributed by atoms with van der Waals surface area (Å²) in [7, 11) is 0. The van der Waals surface area contributed by atoms with E-state index in [1.54, 1.807) is 4.90 Å². The van der Waals surface area contributed by atoms with Crippen LogP contribution in [0.3, 0.4) is 0 Å². The number of ether oxygens (including phenoxy) is 2. The van der Waals surface area contributed by atoms with Crippen molar-refractivity contribution >= 4 is 28.7 Å². The molecule has 0 aromatic heterocycles. The molecule has 3 N–H and O–H groups in total. The second-order valence-corrected chi connectivity index (χ2v) is 8.43. The molecule has 23 heavy (non-hydrogen) atoms. The molecule has 1 amide bonds. The molecule has 1 fully saturated rings. The van der Waals surface area contributed by atoms with E-state index in [9.17, 15) is 4.79 Å². The fourth-order valence-electron chi connectivity index (χ4n) is 2.78. The Bertz CT molecular complexity index is 454. The summed E-state index contributed by atoms with van der Waals surface area (Å²) in [6.07, 6.45) is 2.56. The second kappa shape index (κ2) is 8.02. The second-order valence-electron chi connectivity index (χ2n) is 7.09. The van der Waals surface area contributed by atoms with Crippen LogP contribution in [0.1, 0.15) is 40.0 Å². The van der Waals surface area contributed by atoms with E-state index in [1.165, 1.54) is 5.70 Å². The van der Waals surface area contributed by atoms with Crippen molar-refractivity contribution in [2.75, 3.05) is 26.3 Å². The lowest BCUT2D eigenvalue weighted by Gasteiger charge is -2.35. The van der Waals surface area contributed by atoms with Gasteiger partial charge in [-0.1, -0.05) is 22.6 Å². The molecule has 0 saturated carbocycles. The first-order chi connectivity index (χ1) is 10.8. The number of hydrogen-bond donors (Lipinski definition) is 2. The number of amides is 1. The van der Waals surface area contributed by atoms with Crippen LogP contribution < -0.4 is 11.1 Å². The number of nitrogens with zero attached hydrogens (tertiary/aromatic N) is 1. The number of hydrogen-bond acceptors (Lipinski definition) is 5. The van der Waals surface area contributed by atoms with Gasteiger partial charge < -0.3 is 25.4 Å². The normalized spacial score (nSPS) is 22.0. The highest BCUT2D eigenvalue weighted by Gasteiger charge is 2.29. The van der Waals surface area contributed by atoms with Crippen LogP contribution in [-0.2, 0) is 9.47 Å². The Hall–Kier alpha value is -0.540. The molecular formula is C16H28IN3O3. The van der Waals surface area contributed by atoms with Crippen molar-refractivity contribution in [2.24, 2.45) is 5.73 Å². The molecule has 132 valence electrons. The summed E-state index contributed by atoms with van der Waals surface area (Å²) in [5, 5.41) is 3.63. The Balaban J connectivity index is 2.03. The van der Waals surface area contributed by atoms with Crippen LogP contribution in [0.25, 0.3) is 0 Å². The van der Waals surface area contributed by atoms with Gasteiger partial charge in [0.15, 0.2) is 0 Å². The number of carbonyl (C=O) groups excluding carboxylic acids is 1. The highest BCUT2D eigenvalue weighted by molar-refractivity contribution is 14.1. The van der Waals surface area contributed by atoms with Crippen molar-refractivity contribution in [1.82, 2.24) is 10.2 Å². The van der Waals surface area contributed by atoms with Crippen LogP contribution in [0.15, 0.2) is 11.3 Å². The van der Waals surface area contributed by atoms with Gasteiger partial charge in [-0.3, -0.25) is 0 Å². The maximum Gasteiger partial charge on any atom is 0.410 e. The van der Waals surface area contributed by atoms with Crippen molar-refractivity contribution in [3.8, 4) is 0 Å². The predicted octanol–water partition coefficient (Wildman–Crippen LogP) is 2.37. The van der Waals surface area contributed by atoms with Crippen molar-refractivity contribution in [2.45, 2.75) is 55.7 Å². The van der Waals surface area contributed by atoms with E-state index in [4.69, 9.17) is 15.2 Å². The Labute approximate surface area is 152 Å². The molecule has 2 aliphatic heterocycles. The largest absolute Gasteiger partial charge is 0.444 e. The molecule has 0 aromatic rings. The van der Waals surface area contributed by atoms with Gasteiger partial charge in [0.25, 0.3) is 0 Å². The summed E-state index contributed by atoms with van der Waals surface area (Å²) < 4.78 is 10.8. The third-order valence-electron chi connectivity index (χ3n) is 3.96. The van der Waals surface area contributed by atoms with E-state index in [-0.39, 0.29) is 10.1 Å². The molecule has 1 atom stereocenters. The summed E-state index contributed by atoms with van der Waals surface area (Å²) in [5.74, 6) is 0. The van der Waals surface area contributed by atoms with Gasteiger partial charge in [0, 0.05) is 44.5 Å². The van der Waals surface area contributed by atoms with Crippen LogP contribution in [0.5, 0.6) is 0 Å². The van der Waals surface area contributed by atoms with Gasteiger partial charge in [-0.15, -0.1) is 0 Å². The number of alkyl halides is 1. The monoisotopic (exact) mass is 437 g/mol. The quantitative estimate of drug-likeness (QED) is 0.403. The van der Waals surface area contributed by atoms with E-state index < -0.39 is 5.60 Å². The Morgan fingerprint density at radius 3 is 2.65 bits per heavy atom. The first kappa shape index (κ1) is 18.8. The third-order valence-corrected chi connectivity index (χ3v) is 4.72. The van der Waals surface area contributed by atoms with Gasteiger partial charge in [-0.2, -0.15) is 0 Å². The van der Waals surface area contributed by atoms with Crippen molar-refractivity contribution < 1.29 is 14.3 Å². The molecule has 1 unspecified atom stereocenters. The fraction of sp³-hybridized carbons (Fsp3) is 0.812. The molecule has 2 heterocycles. The summed E-state index contributed by atoms with van der Waals surface area (Å²) >= 11 is 2.21. The SMILES string of the molecule is CC(C)(C)OC(=O)N1CCC(NC2CCOCC2)=C(C(N)I)C1. The predicted molar refractivity (Wildman–Crippen MR) is 98.4 cm³/mol. The van der Waals surface area contributed by atoms with Gasteiger partial charge in [0.1, 0.15) is 5.60 Å². The highest BCUT2D eigenvalue weighted by atomic mass is 127. The van der Waals surface area contributed by atoms with E-state index in [0.29, 0.717) is 19.1 Å². The summed E-state index contributed by atoms with van der Waals surface area (Å²) in [6, 6.07) is 0.442. The van der Waals surface area contributed by atoms with Crippen LogP contribution in [0.4, 0.5) is 4.79 Å². The summed E-state index contributed by atoms with van der Waals surface area (Å²) in [6.45, 7) is 8.45. The van der Waals surface area contributed by atoms with Gasteiger partial charge in [0.05, 0.1) is 4.05 Å². The zero-order chi connectivity index (χ0) is 17.0. The lowest BCUT2D eigenvalue weighted by molar-refractivity contribution is 0.0256. The molecule has 2 aliphatic rings. The first-order valence-electron chi connectivity index (χ1n) is 8.20. The van der Waals surface area contributed by atoms with Crippen molar-refractivity contribution in [3.05, 3.63) is 11.3 Å². The number of nitrogens with two attached hydrogens (primary N) is 1. The number of carbonyl (C=O) groups is 1. The van der Waals surface area contributed by atoms with E-state index in [1.807, 2.05) is 20.8 Å². The minimum atomic E-state index is -0.478. The van der Waals surface area contributed by atoms with Crippen LogP contribution in [0, 0.1) is 0 Å². The Kier molecular flexibility index (Phi) is 6.56. The standard InChI is InChI=1S/C16H28IN3O3/c1-16(2,3)23-15(21)20-7-4-13(12(10-20)14(17)18)19-11-5-8-22-9-6-11/h11,14,19H,4-10,18H2,1-3H3. The average Bonchev–Trinajstić information content (AvgIpc) is 2.46. The van der Waals surface area contributed by atoms with Gasteiger partial charge in [-0.05, 0) is 39.2 Å². The smallest absolute Gasteiger partial charge is 0.410 e. The van der Waals surface area contributed by atoms with E-state index in [2.05, 4.69) is 27.9 Å². The summed E-state index contributed by atoms with van der Waals surface area (Å²) in [5.41, 5.74) is 7.94. The zero-order valence-corrected chi connectivity index (χ0v) is 16.4. The zero-order valence-electron chi connectivity index (χ0n) is 14.2. The fourth-order valence-corrected chi connectivity index (χ4v) is 3.35. The van der Waals surface area contributed by atoms with Crippen LogP contribution in [0.2, 0.25) is 0 Å². The molecule has 0 aliphatic carbocycles. The van der Waals surface area contributed by atoms with Crippen molar-refractivity contribution in [3.63, 3.8) is 0 Å². The number of nitrogens with one attached hydrogen (secondary N) is 1. The molecule has 2 rings (SSSR count). The maximum absolute atomic E-state index is 12.3. The molecule has 1 saturated heterocycles. The number of rotatable bonds is 3. The van der Waals surface area contributed by atoms with Gasteiger partial charge in [-0.25, -0.2) is 4.79 Å². The lowest BCUT2D eigenvalue weighted by atomic mass is 10.0. The third kappa shape index (κ3) is 5.79. The number of halogens is 1. The van der Waals surface area contributed by atoms with Crippen LogP contribution >= 0.6 is 22.6 Å². The summed E-state index contributed by atoms with van der Waals surface area (Å²) in [4.78, 5) is 14.0. The van der Waals surface area contributed by atoms with E-state index in [0.717, 1.165) is 38.0 Å². The molecule has 0 radical (unpaired) electrons. The minimum Gasteiger partial charge on any atom is -0.444 e. The topological polar surface area (TPSA) is 76.8 Å². The van der Waals surface area contributed by atoms with Gasteiger partial charge >= 0.3 is 6.09 Å². The molecule has 0 aromatic carbocycles. The molecule has 0 spiro atoms. The average molecular weight is 437 g/mol. The van der Waals surface area contributed by atoms with Gasteiger partial charge in [0.2, 0.25) is 0 Å². The molecule has 0 bridgehead atoms. The Morgan fingerprint density at radius 1 is 1.43 bits per heavy atom. The molecule has 6 nitrogen and oxygen atoms in total. The first-order valence-corrected chi connectivity index (χ1v) is 9.44. The maximum atomic E-state index is 12.3. The molecule has 7 heteroatoms. The minimum absolute atomic E-state index is 0.111. The lowest BCUT2D eigenvalue weighted by Crippen LogP contribution is -2.46. The Morgan fingerprint density at radius 2 is 2.09 bits per heavy atom. The molecular weight excluding hydrogens is 409 g/mol. The van der Waals surface area contributed by atoms with E-state index >= 15 is 0 Å². The highest BCUT2D eigenvalue weighted by Crippen LogP contribution is 2.24. The van der Waals surface area contributed by atoms with Crippen LogP contribution in [-0.4, -0.2) is 53.0 Å².